The third-order valence-electron chi connectivity index (χ3n) is 6.73. The summed E-state index contributed by atoms with van der Waals surface area (Å²) in [5.74, 6) is 1.63. The first-order valence-electron chi connectivity index (χ1n) is 9.72. The van der Waals surface area contributed by atoms with E-state index in [1.807, 2.05) is 21.2 Å². The van der Waals surface area contributed by atoms with Gasteiger partial charge in [-0.05, 0) is 62.3 Å². The monoisotopic (exact) mass is 360 g/mol. The van der Waals surface area contributed by atoms with Crippen LogP contribution >= 0.6 is 11.3 Å². The van der Waals surface area contributed by atoms with Gasteiger partial charge in [-0.1, -0.05) is 6.92 Å². The molecular weight excluding hydrogens is 332 g/mol. The molecule has 3 fully saturated rings. The number of amides is 2. The summed E-state index contributed by atoms with van der Waals surface area (Å²) in [5, 5.41) is 4.08. The molecule has 136 valence electrons. The van der Waals surface area contributed by atoms with E-state index >= 15 is 0 Å². The van der Waals surface area contributed by atoms with Crippen molar-refractivity contribution in [3.8, 4) is 0 Å². The van der Waals surface area contributed by atoms with E-state index in [2.05, 4.69) is 12.3 Å². The van der Waals surface area contributed by atoms with Crippen LogP contribution < -0.4 is 4.90 Å². The number of carbonyl (C=O) groups is 2. The predicted molar refractivity (Wildman–Crippen MR) is 101 cm³/mol. The normalized spacial score (nSPS) is 29.4. The molecule has 1 aliphatic carbocycles. The third kappa shape index (κ3) is 3.12. The Morgan fingerprint density at radius 2 is 1.80 bits per heavy atom. The second kappa shape index (κ2) is 6.75. The SMILES string of the molecule is CC1CCC(C(=O)N2CCC3(CC2)CCN(c2ccsc2)C3=O)CC1. The number of rotatable bonds is 2. The zero-order valence-electron chi connectivity index (χ0n) is 15.1. The Bertz CT molecular complexity index is 626. The Morgan fingerprint density at radius 1 is 1.12 bits per heavy atom. The topological polar surface area (TPSA) is 40.6 Å². The molecule has 0 N–H and O–H groups in total. The average Bonchev–Trinajstić information content (AvgIpc) is 3.26. The maximum absolute atomic E-state index is 13.0. The lowest BCUT2D eigenvalue weighted by molar-refractivity contribution is -0.142. The van der Waals surface area contributed by atoms with Gasteiger partial charge in [0.25, 0.3) is 0 Å². The van der Waals surface area contributed by atoms with Crippen molar-refractivity contribution in [2.75, 3.05) is 24.5 Å². The second-order valence-electron chi connectivity index (χ2n) is 8.25. The third-order valence-corrected chi connectivity index (χ3v) is 7.40. The smallest absolute Gasteiger partial charge is 0.233 e. The van der Waals surface area contributed by atoms with Crippen molar-refractivity contribution in [2.45, 2.75) is 51.9 Å². The molecule has 4 rings (SSSR count). The number of carbonyl (C=O) groups excluding carboxylic acids is 2. The molecule has 2 amide bonds. The highest BCUT2D eigenvalue weighted by Gasteiger charge is 2.49. The quantitative estimate of drug-likeness (QED) is 0.802. The number of thiophene rings is 1. The number of hydrogen-bond acceptors (Lipinski definition) is 3. The van der Waals surface area contributed by atoms with E-state index in [-0.39, 0.29) is 17.2 Å². The maximum Gasteiger partial charge on any atom is 0.233 e. The van der Waals surface area contributed by atoms with Gasteiger partial charge in [0.1, 0.15) is 0 Å². The highest BCUT2D eigenvalue weighted by molar-refractivity contribution is 7.08. The molecule has 2 aliphatic heterocycles. The standard InChI is InChI=1S/C20H28N2O2S/c1-15-2-4-16(5-3-15)18(23)21-10-7-20(8-11-21)9-12-22(19(20)24)17-6-13-25-14-17/h6,13-16H,2-5,7-12H2,1H3. The Balaban J connectivity index is 1.37. The summed E-state index contributed by atoms with van der Waals surface area (Å²) in [6, 6.07) is 2.03. The van der Waals surface area contributed by atoms with Gasteiger partial charge >= 0.3 is 0 Å². The van der Waals surface area contributed by atoms with Gasteiger partial charge in [-0.15, -0.1) is 0 Å². The van der Waals surface area contributed by atoms with Gasteiger partial charge in [0.2, 0.25) is 11.8 Å². The minimum absolute atomic E-state index is 0.222. The minimum atomic E-state index is -0.222. The van der Waals surface area contributed by atoms with Crippen LogP contribution in [0.1, 0.15) is 51.9 Å². The minimum Gasteiger partial charge on any atom is -0.342 e. The van der Waals surface area contributed by atoms with Gasteiger partial charge in [-0.2, -0.15) is 11.3 Å². The number of hydrogen-bond donors (Lipinski definition) is 0. The lowest BCUT2D eigenvalue weighted by Crippen LogP contribution is -2.48. The van der Waals surface area contributed by atoms with E-state index in [9.17, 15) is 9.59 Å². The van der Waals surface area contributed by atoms with Crippen molar-refractivity contribution >= 4 is 28.8 Å². The summed E-state index contributed by atoms with van der Waals surface area (Å²) in [4.78, 5) is 29.9. The van der Waals surface area contributed by atoms with Crippen molar-refractivity contribution in [2.24, 2.45) is 17.3 Å². The first-order chi connectivity index (χ1) is 12.1. The van der Waals surface area contributed by atoms with Gasteiger partial charge in [-0.3, -0.25) is 9.59 Å². The first-order valence-corrected chi connectivity index (χ1v) is 10.7. The summed E-state index contributed by atoms with van der Waals surface area (Å²) in [5.41, 5.74) is 0.821. The molecule has 4 nitrogen and oxygen atoms in total. The summed E-state index contributed by atoms with van der Waals surface area (Å²) in [7, 11) is 0. The van der Waals surface area contributed by atoms with Crippen LogP contribution in [0.25, 0.3) is 0 Å². The maximum atomic E-state index is 13.0. The zero-order chi connectivity index (χ0) is 17.4. The zero-order valence-corrected chi connectivity index (χ0v) is 15.9. The van der Waals surface area contributed by atoms with Gasteiger partial charge in [0.05, 0.1) is 11.1 Å². The summed E-state index contributed by atoms with van der Waals surface area (Å²) in [6.45, 7) is 4.63. The van der Waals surface area contributed by atoms with Gasteiger partial charge < -0.3 is 9.80 Å². The molecule has 5 heteroatoms. The fourth-order valence-electron chi connectivity index (χ4n) is 4.86. The largest absolute Gasteiger partial charge is 0.342 e. The molecule has 25 heavy (non-hydrogen) atoms. The van der Waals surface area contributed by atoms with Crippen LogP contribution in [0.4, 0.5) is 5.69 Å². The first kappa shape index (κ1) is 17.1. The molecule has 0 aromatic carbocycles. The van der Waals surface area contributed by atoms with E-state index in [1.165, 1.54) is 12.8 Å². The Morgan fingerprint density at radius 3 is 2.44 bits per heavy atom. The number of nitrogens with zero attached hydrogens (tertiary/aromatic N) is 2. The van der Waals surface area contributed by atoms with Crippen LogP contribution in [0.2, 0.25) is 0 Å². The molecular formula is C20H28N2O2S. The van der Waals surface area contributed by atoms with Crippen molar-refractivity contribution in [1.29, 1.82) is 0 Å². The van der Waals surface area contributed by atoms with Crippen LogP contribution in [0.5, 0.6) is 0 Å². The second-order valence-corrected chi connectivity index (χ2v) is 9.03. The van der Waals surface area contributed by atoms with Crippen LogP contribution in [0.3, 0.4) is 0 Å². The lowest BCUT2D eigenvalue weighted by Gasteiger charge is -2.40. The highest BCUT2D eigenvalue weighted by atomic mass is 32.1. The predicted octanol–water partition coefficient (Wildman–Crippen LogP) is 3.92. The van der Waals surface area contributed by atoms with Crippen molar-refractivity contribution in [3.63, 3.8) is 0 Å². The van der Waals surface area contributed by atoms with E-state index in [4.69, 9.17) is 0 Å². The molecule has 1 aromatic heterocycles. The van der Waals surface area contributed by atoms with E-state index in [1.54, 1.807) is 11.3 Å². The molecule has 0 unspecified atom stereocenters. The fourth-order valence-corrected chi connectivity index (χ4v) is 5.50. The molecule has 0 atom stereocenters. The van der Waals surface area contributed by atoms with Crippen molar-refractivity contribution in [3.05, 3.63) is 16.8 Å². The molecule has 3 aliphatic rings. The molecule has 0 bridgehead atoms. The van der Waals surface area contributed by atoms with E-state index < -0.39 is 0 Å². The van der Waals surface area contributed by atoms with E-state index in [0.717, 1.165) is 63.3 Å². The molecule has 3 heterocycles. The average molecular weight is 361 g/mol. The van der Waals surface area contributed by atoms with Crippen LogP contribution in [-0.2, 0) is 9.59 Å². The van der Waals surface area contributed by atoms with Crippen LogP contribution in [0, 0.1) is 17.3 Å². The van der Waals surface area contributed by atoms with Crippen molar-refractivity contribution in [1.82, 2.24) is 4.90 Å². The van der Waals surface area contributed by atoms with Crippen molar-refractivity contribution < 1.29 is 9.59 Å². The van der Waals surface area contributed by atoms with Crippen LogP contribution in [-0.4, -0.2) is 36.3 Å². The molecule has 2 saturated heterocycles. The molecule has 1 saturated carbocycles. The molecule has 1 spiro atoms. The number of piperidine rings is 1. The highest BCUT2D eigenvalue weighted by Crippen LogP contribution is 2.44. The van der Waals surface area contributed by atoms with Gasteiger partial charge in [0, 0.05) is 30.9 Å². The van der Waals surface area contributed by atoms with Gasteiger partial charge in [0.15, 0.2) is 0 Å². The lowest BCUT2D eigenvalue weighted by atomic mass is 9.76. The van der Waals surface area contributed by atoms with E-state index in [0.29, 0.717) is 5.91 Å². The summed E-state index contributed by atoms with van der Waals surface area (Å²) in [6.07, 6.45) is 7.07. The number of likely N-dealkylation sites (tertiary alicyclic amines) is 1. The summed E-state index contributed by atoms with van der Waals surface area (Å²) < 4.78 is 0. The van der Waals surface area contributed by atoms with Gasteiger partial charge in [-0.25, -0.2) is 0 Å². The van der Waals surface area contributed by atoms with Crippen LogP contribution in [0.15, 0.2) is 16.8 Å². The Kier molecular flexibility index (Phi) is 4.61. The summed E-state index contributed by atoms with van der Waals surface area (Å²) >= 11 is 1.64. The Hall–Kier alpha value is -1.36. The fraction of sp³-hybridized carbons (Fsp3) is 0.700. The Labute approximate surface area is 154 Å². The number of anilines is 1. The molecule has 0 radical (unpaired) electrons. The molecule has 1 aromatic rings.